The van der Waals surface area contributed by atoms with E-state index in [1.165, 1.54) is 116 Å². The predicted molar refractivity (Wildman–Crippen MR) is 159 cm³/mol. The van der Waals surface area contributed by atoms with E-state index in [-0.39, 0.29) is 5.44 Å². The molecule has 5 atom stereocenters. The molecule has 37 heavy (non-hydrogen) atoms. The van der Waals surface area contributed by atoms with Gasteiger partial charge in [0.15, 0.2) is 6.29 Å². The van der Waals surface area contributed by atoms with Crippen LogP contribution in [0.25, 0.3) is 0 Å². The van der Waals surface area contributed by atoms with Crippen molar-refractivity contribution in [1.29, 1.82) is 0 Å². The zero-order valence-electron chi connectivity index (χ0n) is 24.1. The standard InChI is InChI=1S/C29H59O6PS/c1-4-7-9-11-13-14-16-18-20-22-25(21-19-17-15-12-10-8-5-2)23-27(37)35-26(6-3)34-24-29(32,36-33)28(30)31/h25-27,32,37H,4-24,36H2,1-3H3,(H,30,31). The fourth-order valence-electron chi connectivity index (χ4n) is 4.65. The van der Waals surface area contributed by atoms with Crippen LogP contribution in [-0.2, 0) is 18.8 Å². The highest BCUT2D eigenvalue weighted by molar-refractivity contribution is 7.80. The van der Waals surface area contributed by atoms with E-state index in [2.05, 4.69) is 26.5 Å². The van der Waals surface area contributed by atoms with Crippen molar-refractivity contribution in [2.75, 3.05) is 6.61 Å². The molecule has 0 rings (SSSR count). The van der Waals surface area contributed by atoms with E-state index in [1.807, 2.05) is 6.92 Å². The van der Waals surface area contributed by atoms with Crippen LogP contribution in [0.2, 0.25) is 0 Å². The summed E-state index contributed by atoms with van der Waals surface area (Å²) in [6, 6.07) is 0. The molecule has 0 saturated heterocycles. The van der Waals surface area contributed by atoms with Gasteiger partial charge in [-0.1, -0.05) is 136 Å². The van der Waals surface area contributed by atoms with E-state index in [0.717, 1.165) is 6.42 Å². The predicted octanol–water partition coefficient (Wildman–Crippen LogP) is 8.61. The molecule has 0 aromatic rings. The van der Waals surface area contributed by atoms with Crippen molar-refractivity contribution in [2.45, 2.75) is 166 Å². The third kappa shape index (κ3) is 20.5. The molecule has 5 unspecified atom stereocenters. The van der Waals surface area contributed by atoms with E-state index in [4.69, 9.17) is 14.6 Å². The van der Waals surface area contributed by atoms with Gasteiger partial charge in [0.2, 0.25) is 5.34 Å². The Kier molecular flexibility index (Phi) is 24.9. The maximum Gasteiger partial charge on any atom is 0.345 e. The van der Waals surface area contributed by atoms with Gasteiger partial charge in [-0.2, -0.15) is 0 Å². The highest BCUT2D eigenvalue weighted by Crippen LogP contribution is 2.27. The largest absolute Gasteiger partial charge is 0.479 e. The molecule has 0 fully saturated rings. The van der Waals surface area contributed by atoms with Gasteiger partial charge in [-0.25, -0.2) is 4.79 Å². The molecule has 0 radical (unpaired) electrons. The van der Waals surface area contributed by atoms with Crippen LogP contribution in [0, 0.1) is 5.92 Å². The number of ether oxygens (including phenoxy) is 2. The van der Waals surface area contributed by atoms with Crippen LogP contribution in [0.1, 0.15) is 149 Å². The Hall–Kier alpha value is -0.0700. The lowest BCUT2D eigenvalue weighted by atomic mass is 9.91. The van der Waals surface area contributed by atoms with E-state index in [9.17, 15) is 14.5 Å². The highest BCUT2D eigenvalue weighted by atomic mass is 32.1. The topological polar surface area (TPSA) is 93.1 Å². The molecule has 8 heteroatoms. The number of carboxylic acids is 1. The fraction of sp³-hybridized carbons (Fsp3) is 0.966. The SMILES string of the molecule is CCCCCCCCCCCC(CCCCCCCCC)CC(S)OC(CC)OCC(O)([PH2]=O)C(=O)O. The van der Waals surface area contributed by atoms with Crippen molar-refractivity contribution in [3.8, 4) is 0 Å². The molecule has 0 bridgehead atoms. The van der Waals surface area contributed by atoms with Gasteiger partial charge in [0, 0.05) is 0 Å². The molecule has 0 heterocycles. The minimum atomic E-state index is -2.35. The molecule has 0 aliphatic carbocycles. The van der Waals surface area contributed by atoms with Gasteiger partial charge in [0.1, 0.15) is 13.9 Å². The normalized spacial score (nSPS) is 16.1. The van der Waals surface area contributed by atoms with Crippen LogP contribution in [0.15, 0.2) is 0 Å². The van der Waals surface area contributed by atoms with Crippen molar-refractivity contribution < 1.29 is 29.0 Å². The smallest absolute Gasteiger partial charge is 0.345 e. The van der Waals surface area contributed by atoms with E-state index >= 15 is 0 Å². The number of unbranched alkanes of at least 4 members (excludes halogenated alkanes) is 14. The molecule has 2 N–H and O–H groups in total. The van der Waals surface area contributed by atoms with Crippen LogP contribution in [0.4, 0.5) is 0 Å². The number of hydrogen-bond acceptors (Lipinski definition) is 6. The van der Waals surface area contributed by atoms with Crippen molar-refractivity contribution in [2.24, 2.45) is 5.92 Å². The van der Waals surface area contributed by atoms with Gasteiger partial charge in [0.05, 0.1) is 6.61 Å². The second-order valence-corrected chi connectivity index (χ2v) is 12.5. The molecule has 0 amide bonds. The second kappa shape index (κ2) is 24.9. The first-order valence-electron chi connectivity index (χ1n) is 15.2. The van der Waals surface area contributed by atoms with Gasteiger partial charge in [-0.3, -0.25) is 0 Å². The minimum absolute atomic E-state index is 0.324. The zero-order chi connectivity index (χ0) is 27.8. The van der Waals surface area contributed by atoms with Crippen LogP contribution in [0.5, 0.6) is 0 Å². The Bertz CT molecular complexity index is 552. The van der Waals surface area contributed by atoms with Gasteiger partial charge >= 0.3 is 5.97 Å². The number of thiol groups is 1. The van der Waals surface area contributed by atoms with Crippen molar-refractivity contribution in [3.05, 3.63) is 0 Å². The fourth-order valence-corrected chi connectivity index (χ4v) is 5.35. The van der Waals surface area contributed by atoms with Gasteiger partial charge in [-0.05, 0) is 18.8 Å². The summed E-state index contributed by atoms with van der Waals surface area (Å²) in [5, 5.41) is 16.7. The number of carbonyl (C=O) groups is 1. The molecular formula is C29H59O6PS. The highest BCUT2D eigenvalue weighted by Gasteiger charge is 2.36. The quantitative estimate of drug-likeness (QED) is 0.0380. The van der Waals surface area contributed by atoms with Crippen LogP contribution < -0.4 is 0 Å². The Morgan fingerprint density at radius 3 is 1.62 bits per heavy atom. The van der Waals surface area contributed by atoms with Gasteiger partial charge < -0.3 is 24.3 Å². The first-order chi connectivity index (χ1) is 17.8. The summed E-state index contributed by atoms with van der Waals surface area (Å²) in [6.07, 6.45) is 24.0. The molecule has 0 spiro atoms. The maximum atomic E-state index is 11.2. The number of rotatable bonds is 28. The molecule has 222 valence electrons. The number of aliphatic hydroxyl groups is 1. The number of aliphatic carboxylic acids is 1. The van der Waals surface area contributed by atoms with Crippen LogP contribution >= 0.6 is 21.1 Å². The first-order valence-corrected chi connectivity index (χ1v) is 16.8. The summed E-state index contributed by atoms with van der Waals surface area (Å²) >= 11 is 4.67. The van der Waals surface area contributed by atoms with Crippen molar-refractivity contribution in [3.63, 3.8) is 0 Å². The minimum Gasteiger partial charge on any atom is -0.479 e. The van der Waals surface area contributed by atoms with Gasteiger partial charge in [-0.15, -0.1) is 12.6 Å². The summed E-state index contributed by atoms with van der Waals surface area (Å²) < 4.78 is 22.6. The summed E-state index contributed by atoms with van der Waals surface area (Å²) in [5.41, 5.74) is -0.324. The van der Waals surface area contributed by atoms with E-state index in [1.54, 1.807) is 0 Å². The third-order valence-corrected chi connectivity index (χ3v) is 8.30. The van der Waals surface area contributed by atoms with Crippen molar-refractivity contribution in [1.82, 2.24) is 0 Å². The zero-order valence-corrected chi connectivity index (χ0v) is 26.2. The Balaban J connectivity index is 4.55. The lowest BCUT2D eigenvalue weighted by molar-refractivity contribution is -0.183. The summed E-state index contributed by atoms with van der Waals surface area (Å²) in [6.45, 7) is 5.82. The summed E-state index contributed by atoms with van der Waals surface area (Å²) in [4.78, 5) is 11.2. The number of carboxylic acid groups (broad SMARTS) is 1. The molecular weight excluding hydrogens is 507 g/mol. The van der Waals surface area contributed by atoms with Crippen LogP contribution in [0.3, 0.4) is 0 Å². The summed E-state index contributed by atoms with van der Waals surface area (Å²) in [5.74, 6) is -0.993. The molecule has 6 nitrogen and oxygen atoms in total. The maximum absolute atomic E-state index is 11.2. The number of hydrogen-bond donors (Lipinski definition) is 3. The Morgan fingerprint density at radius 1 is 0.811 bits per heavy atom. The van der Waals surface area contributed by atoms with E-state index in [0.29, 0.717) is 12.3 Å². The summed E-state index contributed by atoms with van der Waals surface area (Å²) in [7, 11) is -1.93. The molecule has 0 aromatic carbocycles. The molecule has 0 aromatic heterocycles. The second-order valence-electron chi connectivity index (χ2n) is 10.7. The average molecular weight is 567 g/mol. The Labute approximate surface area is 234 Å². The van der Waals surface area contributed by atoms with Gasteiger partial charge in [0.25, 0.3) is 0 Å². The lowest BCUT2D eigenvalue weighted by Gasteiger charge is -2.27. The average Bonchev–Trinajstić information content (AvgIpc) is 2.88. The molecule has 0 saturated carbocycles. The van der Waals surface area contributed by atoms with E-state index < -0.39 is 32.7 Å². The Morgan fingerprint density at radius 2 is 1.24 bits per heavy atom. The lowest BCUT2D eigenvalue weighted by Crippen LogP contribution is -2.39. The monoisotopic (exact) mass is 566 g/mol. The molecule has 0 aliphatic rings. The first kappa shape index (κ1) is 36.9. The third-order valence-electron chi connectivity index (χ3n) is 7.16. The molecule has 0 aliphatic heterocycles. The van der Waals surface area contributed by atoms with Crippen LogP contribution in [-0.4, -0.2) is 39.9 Å². The van der Waals surface area contributed by atoms with Crippen molar-refractivity contribution >= 4 is 27.1 Å².